The summed E-state index contributed by atoms with van der Waals surface area (Å²) in [6.45, 7) is 4.22. The molecule has 146 valence electrons. The summed E-state index contributed by atoms with van der Waals surface area (Å²) in [5.41, 5.74) is 2.41. The number of sulfonamides is 1. The topological polar surface area (TPSA) is 67.9 Å². The molecule has 0 aliphatic carbocycles. The fourth-order valence-corrected chi connectivity index (χ4v) is 4.59. The Morgan fingerprint density at radius 2 is 1.85 bits per heavy atom. The summed E-state index contributed by atoms with van der Waals surface area (Å²) in [4.78, 5) is 2.39. The van der Waals surface area contributed by atoms with E-state index in [0.717, 1.165) is 19.5 Å². The van der Waals surface area contributed by atoms with Crippen molar-refractivity contribution in [3.63, 3.8) is 0 Å². The molecule has 0 radical (unpaired) electrons. The zero-order chi connectivity index (χ0) is 19.4. The summed E-state index contributed by atoms with van der Waals surface area (Å²) < 4.78 is 38.6. The van der Waals surface area contributed by atoms with E-state index in [1.165, 1.54) is 31.5 Å². The molecule has 3 rings (SSSR count). The van der Waals surface area contributed by atoms with Gasteiger partial charge in [-0.05, 0) is 43.5 Å². The highest BCUT2D eigenvalue weighted by molar-refractivity contribution is 7.89. The van der Waals surface area contributed by atoms with Gasteiger partial charge in [0.15, 0.2) is 0 Å². The maximum atomic E-state index is 12.8. The van der Waals surface area contributed by atoms with Gasteiger partial charge in [-0.15, -0.1) is 0 Å². The molecule has 1 unspecified atom stereocenters. The van der Waals surface area contributed by atoms with E-state index in [1.54, 1.807) is 12.1 Å². The zero-order valence-corrected chi connectivity index (χ0v) is 16.8. The van der Waals surface area contributed by atoms with Crippen LogP contribution in [0.5, 0.6) is 11.5 Å². The molecular formula is C20H26N2O4S. The Kier molecular flexibility index (Phi) is 5.92. The van der Waals surface area contributed by atoms with Gasteiger partial charge in [-0.1, -0.05) is 17.7 Å². The fraction of sp³-hybridized carbons (Fsp3) is 0.400. The first-order chi connectivity index (χ1) is 12.9. The lowest BCUT2D eigenvalue weighted by atomic mass is 10.1. The Morgan fingerprint density at radius 1 is 1.11 bits per heavy atom. The highest BCUT2D eigenvalue weighted by Crippen LogP contribution is 2.29. The molecule has 1 atom stereocenters. The molecular weight excluding hydrogens is 364 g/mol. The highest BCUT2D eigenvalue weighted by atomic mass is 32.2. The molecule has 0 aromatic heterocycles. The molecule has 1 saturated heterocycles. The van der Waals surface area contributed by atoms with E-state index in [4.69, 9.17) is 9.47 Å². The van der Waals surface area contributed by atoms with E-state index in [2.05, 4.69) is 40.8 Å². The van der Waals surface area contributed by atoms with Crippen molar-refractivity contribution in [3.8, 4) is 11.5 Å². The van der Waals surface area contributed by atoms with Gasteiger partial charge in [0, 0.05) is 31.4 Å². The summed E-state index contributed by atoms with van der Waals surface area (Å²) in [7, 11) is -0.725. The third kappa shape index (κ3) is 4.54. The molecule has 7 heteroatoms. The lowest BCUT2D eigenvalue weighted by Gasteiger charge is -2.19. The normalized spacial score (nSPS) is 17.1. The van der Waals surface area contributed by atoms with E-state index in [-0.39, 0.29) is 10.8 Å². The molecule has 0 amide bonds. The number of anilines is 1. The maximum absolute atomic E-state index is 12.8. The van der Waals surface area contributed by atoms with Crippen molar-refractivity contribution >= 4 is 15.7 Å². The van der Waals surface area contributed by atoms with Crippen LogP contribution in [-0.2, 0) is 10.0 Å². The van der Waals surface area contributed by atoms with Gasteiger partial charge in [-0.25, -0.2) is 13.1 Å². The van der Waals surface area contributed by atoms with Gasteiger partial charge in [0.05, 0.1) is 14.2 Å². The number of nitrogens with one attached hydrogen (secondary N) is 1. The maximum Gasteiger partial charge on any atom is 0.244 e. The van der Waals surface area contributed by atoms with Gasteiger partial charge in [-0.2, -0.15) is 0 Å². The zero-order valence-electron chi connectivity index (χ0n) is 15.9. The Labute approximate surface area is 161 Å². The van der Waals surface area contributed by atoms with Gasteiger partial charge >= 0.3 is 0 Å². The average Bonchev–Trinajstić information content (AvgIpc) is 3.15. The third-order valence-corrected chi connectivity index (χ3v) is 6.35. The van der Waals surface area contributed by atoms with Crippen LogP contribution < -0.4 is 19.1 Å². The van der Waals surface area contributed by atoms with Crippen LogP contribution in [0.25, 0.3) is 0 Å². The second kappa shape index (κ2) is 8.19. The molecule has 0 spiro atoms. The number of benzene rings is 2. The van der Waals surface area contributed by atoms with Crippen molar-refractivity contribution in [1.82, 2.24) is 4.72 Å². The molecule has 2 aromatic rings. The molecule has 27 heavy (non-hydrogen) atoms. The minimum atomic E-state index is -3.68. The number of methoxy groups -OCH3 is 2. The molecule has 1 N–H and O–H groups in total. The summed E-state index contributed by atoms with van der Waals surface area (Å²) in [6.07, 6.45) is 0.950. The molecule has 0 bridgehead atoms. The number of hydrogen-bond donors (Lipinski definition) is 1. The second-order valence-corrected chi connectivity index (χ2v) is 8.54. The standard InChI is InChI=1S/C20H26N2O4S/c1-15-4-6-17(7-5-15)22-11-10-16(14-22)13-21-27(23,24)20-12-18(25-2)8-9-19(20)26-3/h4-9,12,16,21H,10-11,13-14H2,1-3H3. The van der Waals surface area contributed by atoms with Crippen LogP contribution in [0.4, 0.5) is 5.69 Å². The number of rotatable bonds is 7. The van der Waals surface area contributed by atoms with Crippen molar-refractivity contribution < 1.29 is 17.9 Å². The summed E-state index contributed by atoms with van der Waals surface area (Å²) in [6, 6.07) is 13.2. The number of aryl methyl sites for hydroxylation is 1. The van der Waals surface area contributed by atoms with E-state index in [0.29, 0.717) is 18.0 Å². The Balaban J connectivity index is 1.65. The van der Waals surface area contributed by atoms with Gasteiger partial charge in [-0.3, -0.25) is 0 Å². The first kappa shape index (κ1) is 19.5. The third-order valence-electron chi connectivity index (χ3n) is 4.91. The van der Waals surface area contributed by atoms with E-state index in [9.17, 15) is 8.42 Å². The Bertz CT molecular complexity index is 881. The molecule has 2 aromatic carbocycles. The predicted octanol–water partition coefficient (Wildman–Crippen LogP) is 2.82. The summed E-state index contributed by atoms with van der Waals surface area (Å²) in [5, 5.41) is 0. The lowest BCUT2D eigenvalue weighted by molar-refractivity contribution is 0.391. The van der Waals surface area contributed by atoms with E-state index in [1.807, 2.05) is 0 Å². The van der Waals surface area contributed by atoms with Crippen molar-refractivity contribution in [2.24, 2.45) is 5.92 Å². The lowest BCUT2D eigenvalue weighted by Crippen LogP contribution is -2.31. The van der Waals surface area contributed by atoms with Crippen LogP contribution in [-0.4, -0.2) is 42.3 Å². The van der Waals surface area contributed by atoms with Crippen LogP contribution in [0.2, 0.25) is 0 Å². The number of hydrogen-bond acceptors (Lipinski definition) is 5. The molecule has 1 aliphatic heterocycles. The second-order valence-electron chi connectivity index (χ2n) is 6.80. The first-order valence-corrected chi connectivity index (χ1v) is 10.4. The van der Waals surface area contributed by atoms with Crippen LogP contribution in [0.1, 0.15) is 12.0 Å². The largest absolute Gasteiger partial charge is 0.497 e. The van der Waals surface area contributed by atoms with Crippen LogP contribution in [0, 0.1) is 12.8 Å². The molecule has 1 heterocycles. The van der Waals surface area contributed by atoms with Crippen LogP contribution >= 0.6 is 0 Å². The summed E-state index contributed by atoms with van der Waals surface area (Å²) in [5.74, 6) is 1.04. The van der Waals surface area contributed by atoms with Crippen molar-refractivity contribution in [2.75, 3.05) is 38.8 Å². The molecule has 0 saturated carbocycles. The van der Waals surface area contributed by atoms with E-state index >= 15 is 0 Å². The quantitative estimate of drug-likeness (QED) is 0.787. The fourth-order valence-electron chi connectivity index (χ4n) is 3.29. The van der Waals surface area contributed by atoms with Crippen LogP contribution in [0.15, 0.2) is 47.4 Å². The SMILES string of the molecule is COc1ccc(OC)c(S(=O)(=O)NCC2CCN(c3ccc(C)cc3)C2)c1. The Hall–Kier alpha value is -2.25. The minimum Gasteiger partial charge on any atom is -0.497 e. The van der Waals surface area contributed by atoms with Crippen LogP contribution in [0.3, 0.4) is 0 Å². The average molecular weight is 391 g/mol. The van der Waals surface area contributed by atoms with Crippen molar-refractivity contribution in [1.29, 1.82) is 0 Å². The highest BCUT2D eigenvalue weighted by Gasteiger charge is 2.26. The van der Waals surface area contributed by atoms with Gasteiger partial charge in [0.2, 0.25) is 10.0 Å². The molecule has 1 fully saturated rings. The van der Waals surface area contributed by atoms with Crippen molar-refractivity contribution in [3.05, 3.63) is 48.0 Å². The van der Waals surface area contributed by atoms with E-state index < -0.39 is 10.0 Å². The van der Waals surface area contributed by atoms with Gasteiger partial charge in [0.1, 0.15) is 16.4 Å². The molecule has 1 aliphatic rings. The first-order valence-electron chi connectivity index (χ1n) is 8.96. The molecule has 6 nitrogen and oxygen atoms in total. The number of ether oxygens (including phenoxy) is 2. The van der Waals surface area contributed by atoms with Crippen molar-refractivity contribution in [2.45, 2.75) is 18.2 Å². The predicted molar refractivity (Wildman–Crippen MR) is 106 cm³/mol. The van der Waals surface area contributed by atoms with Gasteiger partial charge in [0.25, 0.3) is 0 Å². The van der Waals surface area contributed by atoms with Gasteiger partial charge < -0.3 is 14.4 Å². The number of nitrogens with zero attached hydrogens (tertiary/aromatic N) is 1. The minimum absolute atomic E-state index is 0.0951. The summed E-state index contributed by atoms with van der Waals surface area (Å²) >= 11 is 0. The smallest absolute Gasteiger partial charge is 0.244 e. The Morgan fingerprint density at radius 3 is 2.52 bits per heavy atom. The monoisotopic (exact) mass is 390 g/mol.